The number of allylic oxidation sites excluding steroid dienone is 10. The Labute approximate surface area is 464 Å². The lowest BCUT2D eigenvalue weighted by atomic mass is 9.69. The summed E-state index contributed by atoms with van der Waals surface area (Å²) < 4.78 is 0. The maximum atomic E-state index is 8.56. The van der Waals surface area contributed by atoms with Gasteiger partial charge in [-0.3, -0.25) is 10.8 Å². The van der Waals surface area contributed by atoms with Gasteiger partial charge < -0.3 is 5.73 Å². The molecule has 4 aliphatic carbocycles. The SMILES string of the molecule is C/C=C\C=C/C1=Cc2ccccc2C1(C)c1ccccc1-c1ccc(-c2ccc(N)cc2)cc1C.CC.CC.CC/C=C\C1=C(CC)c2ccccc2C12c1ccccc1-c1ccc(C3=CC(=N)C(=N)c4ccccc43)cc12. The van der Waals surface area contributed by atoms with Crippen molar-refractivity contribution < 1.29 is 0 Å². The molecule has 4 N–H and O–H groups in total. The molecule has 8 aromatic carbocycles. The molecule has 0 bridgehead atoms. The van der Waals surface area contributed by atoms with E-state index >= 15 is 0 Å². The summed E-state index contributed by atoms with van der Waals surface area (Å²) in [4.78, 5) is 0. The summed E-state index contributed by atoms with van der Waals surface area (Å²) in [7, 11) is 0. The molecule has 3 heteroatoms. The van der Waals surface area contributed by atoms with Crippen molar-refractivity contribution in [3.63, 3.8) is 0 Å². The molecule has 0 fully saturated rings. The smallest absolute Gasteiger partial charge is 0.0867 e. The van der Waals surface area contributed by atoms with Crippen LogP contribution >= 0.6 is 0 Å². The third-order valence-electron chi connectivity index (χ3n) is 15.9. The van der Waals surface area contributed by atoms with Gasteiger partial charge >= 0.3 is 0 Å². The third-order valence-corrected chi connectivity index (χ3v) is 15.9. The van der Waals surface area contributed by atoms with Crippen molar-refractivity contribution >= 4 is 34.3 Å². The van der Waals surface area contributed by atoms with Gasteiger partial charge in [0.05, 0.1) is 16.8 Å². The molecular formula is C75H73N3. The van der Waals surface area contributed by atoms with E-state index in [-0.39, 0.29) is 22.3 Å². The van der Waals surface area contributed by atoms with Gasteiger partial charge in [-0.25, -0.2) is 0 Å². The molecule has 0 saturated carbocycles. The molecule has 0 amide bonds. The first-order valence-corrected chi connectivity index (χ1v) is 28.0. The minimum absolute atomic E-state index is 0.243. The monoisotopic (exact) mass is 1020 g/mol. The maximum Gasteiger partial charge on any atom is 0.0867 e. The Morgan fingerprint density at radius 1 is 0.500 bits per heavy atom. The van der Waals surface area contributed by atoms with E-state index in [0.717, 1.165) is 40.8 Å². The van der Waals surface area contributed by atoms with Gasteiger partial charge in [0.15, 0.2) is 0 Å². The van der Waals surface area contributed by atoms with Crippen LogP contribution in [-0.2, 0) is 10.8 Å². The summed E-state index contributed by atoms with van der Waals surface area (Å²) >= 11 is 0. The van der Waals surface area contributed by atoms with Gasteiger partial charge in [0.2, 0.25) is 0 Å². The van der Waals surface area contributed by atoms with E-state index in [2.05, 4.69) is 222 Å². The van der Waals surface area contributed by atoms with Crippen molar-refractivity contribution in [3.05, 3.63) is 297 Å². The molecule has 4 aliphatic rings. The third kappa shape index (κ3) is 9.21. The van der Waals surface area contributed by atoms with Crippen molar-refractivity contribution in [3.8, 4) is 33.4 Å². The van der Waals surface area contributed by atoms with Crippen LogP contribution in [0.5, 0.6) is 0 Å². The molecule has 2 atom stereocenters. The molecule has 8 aromatic rings. The summed E-state index contributed by atoms with van der Waals surface area (Å²) in [6.45, 7) is 19.1. The zero-order valence-electron chi connectivity index (χ0n) is 46.9. The molecule has 0 heterocycles. The van der Waals surface area contributed by atoms with Gasteiger partial charge in [0.1, 0.15) is 0 Å². The molecule has 1 spiro atoms. The van der Waals surface area contributed by atoms with Gasteiger partial charge in [0.25, 0.3) is 0 Å². The number of hydrogen-bond acceptors (Lipinski definition) is 3. The molecule has 388 valence electrons. The lowest BCUT2D eigenvalue weighted by molar-refractivity contribution is 0.710. The van der Waals surface area contributed by atoms with Crippen LogP contribution in [0.3, 0.4) is 0 Å². The van der Waals surface area contributed by atoms with E-state index < -0.39 is 0 Å². The normalized spacial score (nSPS) is 17.3. The van der Waals surface area contributed by atoms with Crippen LogP contribution in [0.25, 0.3) is 50.6 Å². The van der Waals surface area contributed by atoms with Gasteiger partial charge in [-0.05, 0) is 169 Å². The Hall–Kier alpha value is -8.66. The van der Waals surface area contributed by atoms with E-state index in [9.17, 15) is 0 Å². The topological polar surface area (TPSA) is 73.7 Å². The lowest BCUT2D eigenvalue weighted by Crippen LogP contribution is -2.27. The molecule has 0 aromatic heterocycles. The minimum Gasteiger partial charge on any atom is -0.399 e. The first kappa shape index (κ1) is 54.1. The Morgan fingerprint density at radius 2 is 1.04 bits per heavy atom. The highest BCUT2D eigenvalue weighted by Gasteiger charge is 2.52. The minimum atomic E-state index is -0.384. The molecule has 12 rings (SSSR count). The van der Waals surface area contributed by atoms with Crippen LogP contribution in [0.2, 0.25) is 0 Å². The second kappa shape index (κ2) is 23.3. The number of fused-ring (bicyclic) bond motifs is 9. The van der Waals surface area contributed by atoms with Crippen LogP contribution < -0.4 is 5.73 Å². The molecule has 2 unspecified atom stereocenters. The summed E-state index contributed by atoms with van der Waals surface area (Å²) in [5, 5.41) is 17.1. The number of nitrogens with one attached hydrogen (secondary N) is 2. The Bertz CT molecular complexity index is 3770. The molecule has 0 aliphatic heterocycles. The largest absolute Gasteiger partial charge is 0.399 e. The molecule has 0 saturated heterocycles. The highest BCUT2D eigenvalue weighted by molar-refractivity contribution is 6.53. The van der Waals surface area contributed by atoms with Crippen LogP contribution in [-0.4, -0.2) is 11.4 Å². The summed E-state index contributed by atoms with van der Waals surface area (Å²) in [5.41, 5.74) is 32.7. The fourth-order valence-electron chi connectivity index (χ4n) is 12.4. The quantitative estimate of drug-likeness (QED) is 0.0978. The summed E-state index contributed by atoms with van der Waals surface area (Å²) in [5.74, 6) is 0. The average molecular weight is 1020 g/mol. The van der Waals surface area contributed by atoms with Crippen molar-refractivity contribution in [2.24, 2.45) is 0 Å². The Morgan fingerprint density at radius 3 is 1.69 bits per heavy atom. The number of hydrogen-bond donors (Lipinski definition) is 3. The molecular weight excluding hydrogens is 943 g/mol. The van der Waals surface area contributed by atoms with Crippen molar-refractivity contribution in [2.75, 3.05) is 5.73 Å². The second-order valence-corrected chi connectivity index (χ2v) is 19.9. The number of nitrogens with two attached hydrogens (primary N) is 1. The highest BCUT2D eigenvalue weighted by Crippen LogP contribution is 2.63. The number of anilines is 1. The van der Waals surface area contributed by atoms with E-state index in [1.165, 1.54) is 94.6 Å². The maximum absolute atomic E-state index is 8.56. The number of nitrogen functional groups attached to an aromatic ring is 1. The zero-order valence-corrected chi connectivity index (χ0v) is 46.9. The van der Waals surface area contributed by atoms with E-state index in [1.54, 1.807) is 0 Å². The Balaban J connectivity index is 0.000000179. The first-order chi connectivity index (χ1) is 38.1. The number of benzene rings is 8. The van der Waals surface area contributed by atoms with E-state index in [1.807, 2.05) is 71.0 Å². The van der Waals surface area contributed by atoms with Crippen LogP contribution in [0, 0.1) is 17.7 Å². The van der Waals surface area contributed by atoms with Gasteiger partial charge in [-0.2, -0.15) is 0 Å². The molecule has 3 nitrogen and oxygen atoms in total. The summed E-state index contributed by atoms with van der Waals surface area (Å²) in [6, 6.07) is 65.2. The van der Waals surface area contributed by atoms with Crippen molar-refractivity contribution in [2.45, 2.75) is 86.0 Å². The predicted octanol–water partition coefficient (Wildman–Crippen LogP) is 19.8. The van der Waals surface area contributed by atoms with E-state index in [0.29, 0.717) is 0 Å². The number of aryl methyl sites for hydroxylation is 1. The number of rotatable bonds is 9. The molecule has 0 radical (unpaired) electrons. The van der Waals surface area contributed by atoms with Gasteiger partial charge in [-0.1, -0.05) is 248 Å². The van der Waals surface area contributed by atoms with Gasteiger partial charge in [0, 0.05) is 16.7 Å². The van der Waals surface area contributed by atoms with E-state index in [4.69, 9.17) is 16.6 Å². The fourth-order valence-corrected chi connectivity index (χ4v) is 12.4. The molecule has 78 heavy (non-hydrogen) atoms. The highest BCUT2D eigenvalue weighted by atomic mass is 14.6. The predicted molar refractivity (Wildman–Crippen MR) is 337 cm³/mol. The van der Waals surface area contributed by atoms with Crippen molar-refractivity contribution in [1.82, 2.24) is 0 Å². The lowest BCUT2D eigenvalue weighted by Gasteiger charge is -2.32. The van der Waals surface area contributed by atoms with Crippen LogP contribution in [0.15, 0.2) is 236 Å². The Kier molecular flexibility index (Phi) is 16.2. The van der Waals surface area contributed by atoms with Crippen molar-refractivity contribution in [1.29, 1.82) is 10.8 Å². The zero-order chi connectivity index (χ0) is 55.1. The standard InChI is InChI=1S/C37H30N2.C34H31N.2C2H6/c1-3-5-16-31-24(4-2)26-13-8-10-17-32(26)37(31)33-18-11-9-14-27(33)28-20-19-23(21-34(28)37)30-22-35(38)36(39)29-15-7-6-12-25(29)30;1-4-5-6-12-28-23-27-11-7-9-14-32(27)34(28,3)33-15-10-8-13-31(33)30-21-18-26(22-24(30)2)25-16-19-29(35)20-17-25;2*1-2/h5-22,38-39H,3-4H2,1-2H3;4-23H,35H2,1-3H3;2*1-2H3/b16-5-,38-35?,39-36?;5-4-,12-6-;;. The fraction of sp³-hybridized carbons (Fsp3) is 0.173. The second-order valence-electron chi connectivity index (χ2n) is 19.9. The summed E-state index contributed by atoms with van der Waals surface area (Å²) in [6.07, 6.45) is 19.4. The first-order valence-electron chi connectivity index (χ1n) is 28.0. The van der Waals surface area contributed by atoms with Crippen LogP contribution in [0.4, 0.5) is 5.69 Å². The van der Waals surface area contributed by atoms with Gasteiger partial charge in [-0.15, -0.1) is 0 Å². The average Bonchev–Trinajstić information content (AvgIpc) is 4.29. The van der Waals surface area contributed by atoms with Crippen LogP contribution in [0.1, 0.15) is 129 Å².